The van der Waals surface area contributed by atoms with E-state index in [0.717, 1.165) is 19.5 Å². The third kappa shape index (κ3) is 2.26. The SMILES string of the molecule is C/C=C1/CN(P)CCC1CO. The molecule has 0 aromatic rings. The average Bonchev–Trinajstić information content (AvgIpc) is 2.04. The van der Waals surface area contributed by atoms with Crippen LogP contribution in [0.25, 0.3) is 0 Å². The van der Waals surface area contributed by atoms with E-state index in [4.69, 9.17) is 5.11 Å². The third-order valence-electron chi connectivity index (χ3n) is 2.27. The number of rotatable bonds is 1. The lowest BCUT2D eigenvalue weighted by atomic mass is 9.93. The standard InChI is InChI=1S/C8H16NOP/c1-2-7-5-9(11)4-3-8(7)6-10/h2,8,10H,3-6,11H2,1H3/b7-2-. The second-order valence-electron chi connectivity index (χ2n) is 3.00. The Morgan fingerprint density at radius 1 is 1.82 bits per heavy atom. The van der Waals surface area contributed by atoms with Crippen LogP contribution in [-0.2, 0) is 0 Å². The summed E-state index contributed by atoms with van der Waals surface area (Å²) in [7, 11) is 2.71. The second-order valence-corrected chi connectivity index (χ2v) is 3.73. The molecule has 0 radical (unpaired) electrons. The summed E-state index contributed by atoms with van der Waals surface area (Å²) in [6.07, 6.45) is 3.21. The highest BCUT2D eigenvalue weighted by Crippen LogP contribution is 2.23. The molecule has 0 aromatic heterocycles. The van der Waals surface area contributed by atoms with E-state index in [-0.39, 0.29) is 0 Å². The van der Waals surface area contributed by atoms with E-state index in [1.165, 1.54) is 5.57 Å². The van der Waals surface area contributed by atoms with Crippen LogP contribution in [0.5, 0.6) is 0 Å². The van der Waals surface area contributed by atoms with Gasteiger partial charge in [-0.25, -0.2) is 0 Å². The summed E-state index contributed by atoms with van der Waals surface area (Å²) in [5.41, 5.74) is 1.37. The van der Waals surface area contributed by atoms with Crippen molar-refractivity contribution in [3.8, 4) is 0 Å². The fourth-order valence-electron chi connectivity index (χ4n) is 1.49. The molecule has 1 rings (SSSR count). The quantitative estimate of drug-likeness (QED) is 0.473. The maximum Gasteiger partial charge on any atom is 0.0497 e. The van der Waals surface area contributed by atoms with Crippen LogP contribution in [0.4, 0.5) is 0 Å². The number of nitrogens with zero attached hydrogens (tertiary/aromatic N) is 1. The van der Waals surface area contributed by atoms with Crippen LogP contribution in [-0.4, -0.2) is 29.5 Å². The molecule has 2 unspecified atom stereocenters. The Bertz CT molecular complexity index is 158. The second kappa shape index (κ2) is 4.20. The van der Waals surface area contributed by atoms with Gasteiger partial charge in [-0.3, -0.25) is 4.67 Å². The van der Waals surface area contributed by atoms with Gasteiger partial charge in [0.05, 0.1) is 0 Å². The molecule has 0 bridgehead atoms. The molecule has 2 nitrogen and oxygen atoms in total. The van der Waals surface area contributed by atoms with Crippen molar-refractivity contribution >= 4 is 9.39 Å². The van der Waals surface area contributed by atoms with Crippen LogP contribution in [0.1, 0.15) is 13.3 Å². The van der Waals surface area contributed by atoms with Gasteiger partial charge in [-0.05, 0) is 13.3 Å². The molecule has 0 saturated carbocycles. The van der Waals surface area contributed by atoms with Gasteiger partial charge in [-0.2, -0.15) is 0 Å². The number of hydrogen-bond donors (Lipinski definition) is 1. The molecule has 0 aliphatic carbocycles. The monoisotopic (exact) mass is 173 g/mol. The van der Waals surface area contributed by atoms with Gasteiger partial charge in [0.15, 0.2) is 0 Å². The van der Waals surface area contributed by atoms with E-state index in [1.54, 1.807) is 0 Å². The minimum absolute atomic E-state index is 0.304. The number of hydrogen-bond acceptors (Lipinski definition) is 2. The van der Waals surface area contributed by atoms with Crippen LogP contribution in [0.2, 0.25) is 0 Å². The van der Waals surface area contributed by atoms with Crippen molar-refractivity contribution in [2.24, 2.45) is 5.92 Å². The lowest BCUT2D eigenvalue weighted by Crippen LogP contribution is -2.30. The van der Waals surface area contributed by atoms with Gasteiger partial charge in [0, 0.05) is 25.6 Å². The predicted molar refractivity (Wildman–Crippen MR) is 50.2 cm³/mol. The molecule has 3 heteroatoms. The fourth-order valence-corrected chi connectivity index (χ4v) is 1.85. The summed E-state index contributed by atoms with van der Waals surface area (Å²) < 4.78 is 2.21. The summed E-state index contributed by atoms with van der Waals surface area (Å²) in [5.74, 6) is 0.414. The highest BCUT2D eigenvalue weighted by Gasteiger charge is 2.19. The van der Waals surface area contributed by atoms with Crippen molar-refractivity contribution in [3.63, 3.8) is 0 Å². The van der Waals surface area contributed by atoms with Crippen molar-refractivity contribution in [1.82, 2.24) is 4.67 Å². The molecule has 1 saturated heterocycles. The first-order chi connectivity index (χ1) is 5.27. The van der Waals surface area contributed by atoms with E-state index in [0.29, 0.717) is 12.5 Å². The van der Waals surface area contributed by atoms with Crippen molar-refractivity contribution in [3.05, 3.63) is 11.6 Å². The van der Waals surface area contributed by atoms with Crippen LogP contribution < -0.4 is 0 Å². The van der Waals surface area contributed by atoms with Crippen molar-refractivity contribution < 1.29 is 5.11 Å². The Hall–Kier alpha value is 0.0900. The smallest absolute Gasteiger partial charge is 0.0497 e. The van der Waals surface area contributed by atoms with Crippen LogP contribution in [0.3, 0.4) is 0 Å². The van der Waals surface area contributed by atoms with Crippen LogP contribution in [0, 0.1) is 5.92 Å². The number of aliphatic hydroxyl groups is 1. The highest BCUT2D eigenvalue weighted by atomic mass is 31.0. The predicted octanol–water partition coefficient (Wildman–Crippen LogP) is 1.04. The molecule has 1 aliphatic rings. The summed E-state index contributed by atoms with van der Waals surface area (Å²) in [5, 5.41) is 9.01. The Kier molecular flexibility index (Phi) is 3.50. The molecule has 2 atom stereocenters. The maximum atomic E-state index is 9.01. The zero-order valence-corrected chi connectivity index (χ0v) is 8.11. The Balaban J connectivity index is 2.56. The molecule has 0 amide bonds. The van der Waals surface area contributed by atoms with Gasteiger partial charge in [0.1, 0.15) is 0 Å². The van der Waals surface area contributed by atoms with E-state index in [2.05, 4.69) is 20.1 Å². The summed E-state index contributed by atoms with van der Waals surface area (Å²) in [6, 6.07) is 0. The first-order valence-electron chi connectivity index (χ1n) is 4.03. The number of piperidine rings is 1. The molecule has 1 fully saturated rings. The lowest BCUT2D eigenvalue weighted by Gasteiger charge is -2.30. The molecule has 1 aliphatic heterocycles. The molecule has 0 aromatic carbocycles. The summed E-state index contributed by atoms with van der Waals surface area (Å²) >= 11 is 0. The normalized spacial score (nSPS) is 31.2. The minimum Gasteiger partial charge on any atom is -0.396 e. The largest absolute Gasteiger partial charge is 0.396 e. The van der Waals surface area contributed by atoms with Crippen molar-refractivity contribution in [2.45, 2.75) is 13.3 Å². The molecule has 1 N–H and O–H groups in total. The molecule has 64 valence electrons. The van der Waals surface area contributed by atoms with Crippen LogP contribution in [0.15, 0.2) is 11.6 Å². The van der Waals surface area contributed by atoms with Gasteiger partial charge in [-0.1, -0.05) is 21.0 Å². The van der Waals surface area contributed by atoms with E-state index in [9.17, 15) is 0 Å². The van der Waals surface area contributed by atoms with Crippen molar-refractivity contribution in [2.75, 3.05) is 19.7 Å². The third-order valence-corrected chi connectivity index (χ3v) is 2.71. The first kappa shape index (κ1) is 9.18. The topological polar surface area (TPSA) is 23.5 Å². The van der Waals surface area contributed by atoms with Crippen LogP contribution >= 0.6 is 9.39 Å². The molecule has 0 spiro atoms. The molecular formula is C8H16NOP. The van der Waals surface area contributed by atoms with E-state index in [1.807, 2.05) is 6.92 Å². The molecule has 11 heavy (non-hydrogen) atoms. The van der Waals surface area contributed by atoms with Crippen molar-refractivity contribution in [1.29, 1.82) is 0 Å². The first-order valence-corrected chi connectivity index (χ1v) is 4.55. The van der Waals surface area contributed by atoms with E-state index >= 15 is 0 Å². The highest BCUT2D eigenvalue weighted by molar-refractivity contribution is 7.13. The maximum absolute atomic E-state index is 9.01. The molecular weight excluding hydrogens is 157 g/mol. The lowest BCUT2D eigenvalue weighted by molar-refractivity contribution is 0.213. The number of aliphatic hydroxyl groups excluding tert-OH is 1. The molecule has 1 heterocycles. The Morgan fingerprint density at radius 2 is 2.55 bits per heavy atom. The minimum atomic E-state index is 0.304. The summed E-state index contributed by atoms with van der Waals surface area (Å²) in [4.78, 5) is 0. The average molecular weight is 173 g/mol. The van der Waals surface area contributed by atoms with Gasteiger partial charge in [0.2, 0.25) is 0 Å². The van der Waals surface area contributed by atoms with Gasteiger partial charge < -0.3 is 5.11 Å². The Labute approximate surface area is 70.5 Å². The fraction of sp³-hybridized carbons (Fsp3) is 0.750. The number of allylic oxidation sites excluding steroid dienone is 1. The van der Waals surface area contributed by atoms with E-state index < -0.39 is 0 Å². The zero-order chi connectivity index (χ0) is 8.27. The van der Waals surface area contributed by atoms with Gasteiger partial charge >= 0.3 is 0 Å². The van der Waals surface area contributed by atoms with Gasteiger partial charge in [-0.15, -0.1) is 0 Å². The zero-order valence-electron chi connectivity index (χ0n) is 6.95. The Morgan fingerprint density at radius 3 is 3.09 bits per heavy atom. The van der Waals surface area contributed by atoms with Gasteiger partial charge in [0.25, 0.3) is 0 Å². The summed E-state index contributed by atoms with van der Waals surface area (Å²) in [6.45, 7) is 4.42.